The Bertz CT molecular complexity index is 894. The molecule has 1 fully saturated rings. The maximum absolute atomic E-state index is 12.7. The van der Waals surface area contributed by atoms with Gasteiger partial charge in [-0.2, -0.15) is 0 Å². The topological polar surface area (TPSA) is 71.0 Å². The summed E-state index contributed by atoms with van der Waals surface area (Å²) in [5.41, 5.74) is 8.68. The lowest BCUT2D eigenvalue weighted by Crippen LogP contribution is -2.36. The van der Waals surface area contributed by atoms with E-state index in [1.807, 2.05) is 60.9 Å². The maximum atomic E-state index is 12.7. The molecule has 3 aromatic rings. The Labute approximate surface area is 165 Å². The Morgan fingerprint density at radius 3 is 2.64 bits per heavy atom. The summed E-state index contributed by atoms with van der Waals surface area (Å²) in [6.45, 7) is 1.98. The highest BCUT2D eigenvalue weighted by atomic mass is 16.2. The van der Waals surface area contributed by atoms with E-state index in [-0.39, 0.29) is 17.9 Å². The van der Waals surface area contributed by atoms with Crippen molar-refractivity contribution in [1.29, 1.82) is 0 Å². The molecule has 1 amide bonds. The van der Waals surface area contributed by atoms with E-state index in [0.717, 1.165) is 17.9 Å². The van der Waals surface area contributed by atoms with E-state index in [1.54, 1.807) is 0 Å². The van der Waals surface area contributed by atoms with Gasteiger partial charge in [0.2, 0.25) is 5.91 Å². The van der Waals surface area contributed by atoms with E-state index in [0.29, 0.717) is 19.5 Å². The quantitative estimate of drug-likeness (QED) is 0.591. The molecule has 6 nitrogen and oxygen atoms in total. The second-order valence-corrected chi connectivity index (χ2v) is 7.02. The fraction of sp³-hybridized carbons (Fsp3) is 0.273. The van der Waals surface area contributed by atoms with Gasteiger partial charge in [-0.25, -0.2) is 10.4 Å². The van der Waals surface area contributed by atoms with Crippen LogP contribution >= 0.6 is 0 Å². The second-order valence-electron chi connectivity index (χ2n) is 7.02. The zero-order valence-corrected chi connectivity index (χ0v) is 15.7. The molecule has 0 spiro atoms. The van der Waals surface area contributed by atoms with Crippen molar-refractivity contribution in [3.63, 3.8) is 0 Å². The normalized spacial score (nSPS) is 18.9. The van der Waals surface area contributed by atoms with Gasteiger partial charge in [-0.3, -0.25) is 10.2 Å². The highest BCUT2D eigenvalue weighted by Gasteiger charge is 2.33. The van der Waals surface area contributed by atoms with Gasteiger partial charge in [0.1, 0.15) is 5.82 Å². The summed E-state index contributed by atoms with van der Waals surface area (Å²) in [5.74, 6) is 0.908. The van der Waals surface area contributed by atoms with E-state index in [2.05, 4.69) is 37.9 Å². The molecule has 0 aliphatic carbocycles. The standard InChI is InChI=1S/C22H25N5O/c28-22(19-15-25-26-21(19)18-9-5-2-6-10-18)24-12-11-20-23-13-14-27(20)16-17-7-3-1-4-8-17/h1-10,13-14,19,21,25-26H,11-12,15-16H2,(H,24,28). The molecule has 2 atom stereocenters. The third-order valence-electron chi connectivity index (χ3n) is 5.12. The number of nitrogens with one attached hydrogen (secondary N) is 3. The second kappa shape index (κ2) is 8.82. The molecule has 1 aromatic heterocycles. The van der Waals surface area contributed by atoms with Crippen LogP contribution in [0.4, 0.5) is 0 Å². The number of carbonyl (C=O) groups excluding carboxylic acids is 1. The number of rotatable bonds is 7. The molecule has 4 rings (SSSR count). The fourth-order valence-corrected chi connectivity index (χ4v) is 3.64. The van der Waals surface area contributed by atoms with Gasteiger partial charge in [0, 0.05) is 38.4 Å². The number of amides is 1. The Hall–Kier alpha value is -2.96. The molecule has 2 heterocycles. The van der Waals surface area contributed by atoms with E-state index in [1.165, 1.54) is 5.56 Å². The third kappa shape index (κ3) is 4.30. The van der Waals surface area contributed by atoms with Crippen LogP contribution in [-0.2, 0) is 17.8 Å². The van der Waals surface area contributed by atoms with E-state index < -0.39 is 0 Å². The first kappa shape index (κ1) is 18.4. The highest BCUT2D eigenvalue weighted by Crippen LogP contribution is 2.24. The van der Waals surface area contributed by atoms with Crippen LogP contribution in [-0.4, -0.2) is 28.5 Å². The van der Waals surface area contributed by atoms with Crippen molar-refractivity contribution in [3.05, 3.63) is 90.0 Å². The number of nitrogens with zero attached hydrogens (tertiary/aromatic N) is 2. The molecule has 0 saturated carbocycles. The zero-order valence-electron chi connectivity index (χ0n) is 15.7. The monoisotopic (exact) mass is 375 g/mol. The zero-order chi connectivity index (χ0) is 19.2. The summed E-state index contributed by atoms with van der Waals surface area (Å²) in [4.78, 5) is 17.2. The average molecular weight is 375 g/mol. The van der Waals surface area contributed by atoms with Crippen LogP contribution in [0.1, 0.15) is 23.0 Å². The van der Waals surface area contributed by atoms with Crippen molar-refractivity contribution in [2.75, 3.05) is 13.1 Å². The molecule has 3 N–H and O–H groups in total. The lowest BCUT2D eigenvalue weighted by Gasteiger charge is -2.18. The number of hydrogen-bond donors (Lipinski definition) is 3. The molecule has 0 bridgehead atoms. The van der Waals surface area contributed by atoms with Crippen molar-refractivity contribution < 1.29 is 4.79 Å². The average Bonchev–Trinajstić information content (AvgIpc) is 3.39. The number of benzene rings is 2. The minimum atomic E-state index is -0.133. The summed E-state index contributed by atoms with van der Waals surface area (Å²) in [5, 5.41) is 3.08. The van der Waals surface area contributed by atoms with Gasteiger partial charge < -0.3 is 9.88 Å². The van der Waals surface area contributed by atoms with Crippen LogP contribution in [0.2, 0.25) is 0 Å². The molecule has 0 radical (unpaired) electrons. The summed E-state index contributed by atoms with van der Waals surface area (Å²) < 4.78 is 2.13. The van der Waals surface area contributed by atoms with Crippen LogP contribution in [0.3, 0.4) is 0 Å². The summed E-state index contributed by atoms with van der Waals surface area (Å²) in [6.07, 6.45) is 4.51. The Kier molecular flexibility index (Phi) is 5.80. The third-order valence-corrected chi connectivity index (χ3v) is 5.12. The molecular formula is C22H25N5O. The van der Waals surface area contributed by atoms with Crippen molar-refractivity contribution in [3.8, 4) is 0 Å². The molecule has 6 heteroatoms. The summed E-state index contributed by atoms with van der Waals surface area (Å²) in [6, 6.07) is 20.4. The number of aromatic nitrogens is 2. The largest absolute Gasteiger partial charge is 0.355 e. The van der Waals surface area contributed by atoms with Gasteiger partial charge in [-0.15, -0.1) is 0 Å². The number of carbonyl (C=O) groups is 1. The first-order chi connectivity index (χ1) is 13.8. The van der Waals surface area contributed by atoms with Crippen LogP contribution in [0.25, 0.3) is 0 Å². The Morgan fingerprint density at radius 2 is 1.86 bits per heavy atom. The van der Waals surface area contributed by atoms with Crippen molar-refractivity contribution in [2.24, 2.45) is 5.92 Å². The van der Waals surface area contributed by atoms with Crippen molar-refractivity contribution >= 4 is 5.91 Å². The Balaban J connectivity index is 1.32. The van der Waals surface area contributed by atoms with Crippen LogP contribution in [0.5, 0.6) is 0 Å². The smallest absolute Gasteiger partial charge is 0.226 e. The molecule has 1 aliphatic rings. The van der Waals surface area contributed by atoms with Crippen LogP contribution in [0.15, 0.2) is 73.1 Å². The SMILES string of the molecule is O=C(NCCc1nccn1Cc1ccccc1)C1CNNC1c1ccccc1. The van der Waals surface area contributed by atoms with Gasteiger partial charge in [-0.1, -0.05) is 60.7 Å². The first-order valence-corrected chi connectivity index (χ1v) is 9.66. The maximum Gasteiger partial charge on any atom is 0.226 e. The number of hydrogen-bond acceptors (Lipinski definition) is 4. The van der Waals surface area contributed by atoms with E-state index in [9.17, 15) is 4.79 Å². The van der Waals surface area contributed by atoms with E-state index >= 15 is 0 Å². The van der Waals surface area contributed by atoms with E-state index in [4.69, 9.17) is 0 Å². The lowest BCUT2D eigenvalue weighted by molar-refractivity contribution is -0.124. The van der Waals surface area contributed by atoms with Gasteiger partial charge in [-0.05, 0) is 11.1 Å². The minimum Gasteiger partial charge on any atom is -0.355 e. The lowest BCUT2D eigenvalue weighted by atomic mass is 9.94. The molecule has 1 aliphatic heterocycles. The molecular weight excluding hydrogens is 350 g/mol. The van der Waals surface area contributed by atoms with Crippen LogP contribution in [0, 0.1) is 5.92 Å². The molecule has 28 heavy (non-hydrogen) atoms. The molecule has 1 saturated heterocycles. The van der Waals surface area contributed by atoms with Crippen molar-refractivity contribution in [2.45, 2.75) is 19.0 Å². The minimum absolute atomic E-state index is 0.0127. The number of hydrazine groups is 1. The highest BCUT2D eigenvalue weighted by molar-refractivity contribution is 5.80. The van der Waals surface area contributed by atoms with Gasteiger partial charge in [0.05, 0.1) is 12.0 Å². The predicted molar refractivity (Wildman–Crippen MR) is 108 cm³/mol. The van der Waals surface area contributed by atoms with Gasteiger partial charge in [0.15, 0.2) is 0 Å². The van der Waals surface area contributed by atoms with Crippen molar-refractivity contribution in [1.82, 2.24) is 25.7 Å². The molecule has 2 aromatic carbocycles. The number of imidazole rings is 1. The summed E-state index contributed by atoms with van der Waals surface area (Å²) >= 11 is 0. The van der Waals surface area contributed by atoms with Gasteiger partial charge >= 0.3 is 0 Å². The molecule has 144 valence electrons. The first-order valence-electron chi connectivity index (χ1n) is 9.66. The Morgan fingerprint density at radius 1 is 1.11 bits per heavy atom. The summed E-state index contributed by atoms with van der Waals surface area (Å²) in [7, 11) is 0. The molecule has 2 unspecified atom stereocenters. The predicted octanol–water partition coefficient (Wildman–Crippen LogP) is 2.06. The van der Waals surface area contributed by atoms with Gasteiger partial charge in [0.25, 0.3) is 0 Å². The van der Waals surface area contributed by atoms with Crippen LogP contribution < -0.4 is 16.2 Å². The fourth-order valence-electron chi connectivity index (χ4n) is 3.64.